The lowest BCUT2D eigenvalue weighted by Crippen LogP contribution is -2.46. The highest BCUT2D eigenvalue weighted by molar-refractivity contribution is 5.37. The standard InChI is InChI=1S/C13H16N4O/c18-13(5-10-1-2-11(6-13)16-10)9-7-14-12-3-4-15-17(12)8-9/h3-4,7-8,10-11,16,18H,1-2,5-6H2. The van der Waals surface area contributed by atoms with E-state index in [2.05, 4.69) is 15.4 Å². The molecule has 0 aromatic carbocycles. The predicted molar refractivity (Wildman–Crippen MR) is 66.1 cm³/mol. The molecule has 2 aliphatic heterocycles. The van der Waals surface area contributed by atoms with E-state index in [-0.39, 0.29) is 0 Å². The topological polar surface area (TPSA) is 62.5 Å². The minimum Gasteiger partial charge on any atom is -0.385 e. The van der Waals surface area contributed by atoms with Crippen molar-refractivity contribution >= 4 is 5.65 Å². The quantitative estimate of drug-likeness (QED) is 0.780. The van der Waals surface area contributed by atoms with Crippen molar-refractivity contribution in [1.29, 1.82) is 0 Å². The first-order valence-corrected chi connectivity index (χ1v) is 6.51. The van der Waals surface area contributed by atoms with Gasteiger partial charge in [0.15, 0.2) is 5.65 Å². The van der Waals surface area contributed by atoms with E-state index in [1.807, 2.05) is 12.3 Å². The van der Waals surface area contributed by atoms with Gasteiger partial charge in [0.1, 0.15) is 0 Å². The average Bonchev–Trinajstić information content (AvgIpc) is 2.95. The van der Waals surface area contributed by atoms with E-state index in [9.17, 15) is 5.11 Å². The zero-order valence-electron chi connectivity index (χ0n) is 10.1. The number of aromatic nitrogens is 3. The molecule has 4 rings (SSSR count). The first-order chi connectivity index (χ1) is 8.73. The maximum atomic E-state index is 10.9. The summed E-state index contributed by atoms with van der Waals surface area (Å²) >= 11 is 0. The van der Waals surface area contributed by atoms with Gasteiger partial charge in [0.2, 0.25) is 0 Å². The van der Waals surface area contributed by atoms with Gasteiger partial charge in [-0.05, 0) is 25.7 Å². The molecular weight excluding hydrogens is 228 g/mol. The highest BCUT2D eigenvalue weighted by atomic mass is 16.3. The second-order valence-electron chi connectivity index (χ2n) is 5.55. The Kier molecular flexibility index (Phi) is 2.05. The van der Waals surface area contributed by atoms with Crippen molar-refractivity contribution in [2.75, 3.05) is 0 Å². The van der Waals surface area contributed by atoms with E-state index in [4.69, 9.17) is 0 Å². The molecule has 94 valence electrons. The first kappa shape index (κ1) is 10.5. The van der Waals surface area contributed by atoms with Crippen molar-refractivity contribution < 1.29 is 5.11 Å². The number of hydrogen-bond acceptors (Lipinski definition) is 4. The van der Waals surface area contributed by atoms with Crippen LogP contribution in [0.15, 0.2) is 24.7 Å². The average molecular weight is 244 g/mol. The Labute approximate surface area is 105 Å². The van der Waals surface area contributed by atoms with Crippen molar-refractivity contribution in [2.24, 2.45) is 0 Å². The summed E-state index contributed by atoms with van der Waals surface area (Å²) in [4.78, 5) is 4.35. The molecule has 2 aromatic rings. The lowest BCUT2D eigenvalue weighted by atomic mass is 9.83. The fraction of sp³-hybridized carbons (Fsp3) is 0.538. The minimum atomic E-state index is -0.746. The van der Waals surface area contributed by atoms with Crippen LogP contribution in [0.1, 0.15) is 31.2 Å². The SMILES string of the molecule is OC1(c2cnc3ccnn3c2)CC2CCC(C1)N2. The summed E-state index contributed by atoms with van der Waals surface area (Å²) in [6, 6.07) is 2.75. The maximum Gasteiger partial charge on any atom is 0.154 e. The van der Waals surface area contributed by atoms with Gasteiger partial charge in [-0.3, -0.25) is 0 Å². The zero-order valence-corrected chi connectivity index (χ0v) is 10.1. The van der Waals surface area contributed by atoms with Crippen molar-refractivity contribution in [1.82, 2.24) is 19.9 Å². The normalized spacial score (nSPS) is 35.2. The van der Waals surface area contributed by atoms with Crippen LogP contribution < -0.4 is 5.32 Å². The fourth-order valence-corrected chi connectivity index (χ4v) is 3.41. The van der Waals surface area contributed by atoms with Crippen molar-refractivity contribution in [3.05, 3.63) is 30.2 Å². The van der Waals surface area contributed by atoms with Gasteiger partial charge in [0.25, 0.3) is 0 Å². The van der Waals surface area contributed by atoms with Gasteiger partial charge < -0.3 is 10.4 Å². The van der Waals surface area contributed by atoms with Crippen LogP contribution in [0, 0.1) is 0 Å². The number of aliphatic hydroxyl groups is 1. The van der Waals surface area contributed by atoms with Gasteiger partial charge in [0, 0.05) is 36.1 Å². The molecule has 2 fully saturated rings. The number of hydrogen-bond donors (Lipinski definition) is 2. The van der Waals surface area contributed by atoms with Crippen LogP contribution in [0.4, 0.5) is 0 Å². The van der Waals surface area contributed by atoms with Gasteiger partial charge in [-0.2, -0.15) is 5.10 Å². The summed E-state index contributed by atoms with van der Waals surface area (Å²) in [6.07, 6.45) is 9.32. The molecule has 2 aromatic heterocycles. The van der Waals surface area contributed by atoms with Crippen LogP contribution in [0.25, 0.3) is 5.65 Å². The number of rotatable bonds is 1. The van der Waals surface area contributed by atoms with E-state index in [0.717, 1.165) is 24.1 Å². The molecule has 2 unspecified atom stereocenters. The van der Waals surface area contributed by atoms with Gasteiger partial charge in [0.05, 0.1) is 11.8 Å². The van der Waals surface area contributed by atoms with E-state index >= 15 is 0 Å². The zero-order chi connectivity index (χ0) is 12.2. The molecule has 18 heavy (non-hydrogen) atoms. The highest BCUT2D eigenvalue weighted by Crippen LogP contribution is 2.40. The van der Waals surface area contributed by atoms with Crippen LogP contribution >= 0.6 is 0 Å². The Morgan fingerprint density at radius 3 is 2.89 bits per heavy atom. The number of fused-ring (bicyclic) bond motifs is 3. The fourth-order valence-electron chi connectivity index (χ4n) is 3.41. The Hall–Kier alpha value is -1.46. The monoisotopic (exact) mass is 244 g/mol. The molecule has 2 bridgehead atoms. The van der Waals surface area contributed by atoms with Gasteiger partial charge >= 0.3 is 0 Å². The molecule has 0 amide bonds. The Morgan fingerprint density at radius 2 is 2.11 bits per heavy atom. The van der Waals surface area contributed by atoms with Crippen LogP contribution in [0.2, 0.25) is 0 Å². The Bertz CT molecular complexity index is 581. The highest BCUT2D eigenvalue weighted by Gasteiger charge is 2.43. The summed E-state index contributed by atoms with van der Waals surface area (Å²) < 4.78 is 1.73. The minimum absolute atomic E-state index is 0.446. The molecule has 5 heteroatoms. The smallest absolute Gasteiger partial charge is 0.154 e. The van der Waals surface area contributed by atoms with E-state index in [0.29, 0.717) is 12.1 Å². The third kappa shape index (κ3) is 1.47. The van der Waals surface area contributed by atoms with Gasteiger partial charge in [-0.15, -0.1) is 0 Å². The molecule has 2 N–H and O–H groups in total. The summed E-state index contributed by atoms with van der Waals surface area (Å²) in [5.41, 5.74) is 0.959. The second kappa shape index (κ2) is 3.52. The largest absolute Gasteiger partial charge is 0.385 e. The number of nitrogens with zero attached hydrogens (tertiary/aromatic N) is 3. The third-order valence-corrected chi connectivity index (χ3v) is 4.29. The molecule has 0 radical (unpaired) electrons. The van der Waals surface area contributed by atoms with Crippen molar-refractivity contribution in [2.45, 2.75) is 43.4 Å². The Balaban J connectivity index is 1.76. The van der Waals surface area contributed by atoms with Crippen LogP contribution in [0.3, 0.4) is 0 Å². The van der Waals surface area contributed by atoms with E-state index in [1.165, 1.54) is 12.8 Å². The molecule has 5 nitrogen and oxygen atoms in total. The summed E-state index contributed by atoms with van der Waals surface area (Å²) in [6.45, 7) is 0. The molecule has 0 aliphatic carbocycles. The van der Waals surface area contributed by atoms with Gasteiger partial charge in [-0.25, -0.2) is 9.50 Å². The van der Waals surface area contributed by atoms with Crippen molar-refractivity contribution in [3.8, 4) is 0 Å². The van der Waals surface area contributed by atoms with Crippen LogP contribution in [0.5, 0.6) is 0 Å². The molecule has 4 heterocycles. The predicted octanol–water partition coefficient (Wildman–Crippen LogP) is 0.831. The lowest BCUT2D eigenvalue weighted by molar-refractivity contribution is -0.0121. The molecular formula is C13H16N4O. The number of nitrogens with one attached hydrogen (secondary N) is 1. The van der Waals surface area contributed by atoms with Crippen LogP contribution in [-0.2, 0) is 5.60 Å². The summed E-state index contributed by atoms with van der Waals surface area (Å²) in [5.74, 6) is 0. The maximum absolute atomic E-state index is 10.9. The van der Waals surface area contributed by atoms with Crippen LogP contribution in [-0.4, -0.2) is 31.8 Å². The summed E-state index contributed by atoms with van der Waals surface area (Å²) in [5, 5.41) is 18.6. The first-order valence-electron chi connectivity index (χ1n) is 6.51. The summed E-state index contributed by atoms with van der Waals surface area (Å²) in [7, 11) is 0. The molecule has 0 spiro atoms. The molecule has 2 atom stereocenters. The third-order valence-electron chi connectivity index (χ3n) is 4.29. The number of piperidine rings is 1. The molecule has 0 saturated carbocycles. The molecule has 2 saturated heterocycles. The van der Waals surface area contributed by atoms with Crippen molar-refractivity contribution in [3.63, 3.8) is 0 Å². The lowest BCUT2D eigenvalue weighted by Gasteiger charge is -2.37. The Morgan fingerprint density at radius 1 is 1.33 bits per heavy atom. The van der Waals surface area contributed by atoms with E-state index < -0.39 is 5.60 Å². The second-order valence-corrected chi connectivity index (χ2v) is 5.55. The van der Waals surface area contributed by atoms with E-state index in [1.54, 1.807) is 16.9 Å². The molecule has 2 aliphatic rings. The van der Waals surface area contributed by atoms with Gasteiger partial charge in [-0.1, -0.05) is 0 Å².